The van der Waals surface area contributed by atoms with Crippen LogP contribution in [-0.4, -0.2) is 11.1 Å². The molecule has 0 bridgehead atoms. The van der Waals surface area contributed by atoms with Crippen LogP contribution in [0.4, 0.5) is 0 Å². The van der Waals surface area contributed by atoms with Gasteiger partial charge in [0.1, 0.15) is 0 Å². The average molecular weight is 386 g/mol. The van der Waals surface area contributed by atoms with Crippen molar-refractivity contribution in [3.05, 3.63) is 33.4 Å². The van der Waals surface area contributed by atoms with Crippen LogP contribution < -0.4 is 0 Å². The average Bonchev–Trinajstić information content (AvgIpc) is 2.42. The summed E-state index contributed by atoms with van der Waals surface area (Å²) in [6.45, 7) is 2.22. The lowest BCUT2D eigenvalue weighted by molar-refractivity contribution is -0.145. The van der Waals surface area contributed by atoms with Crippen LogP contribution in [0, 0.1) is 21.3 Å². The minimum absolute atomic E-state index is 0.151. The summed E-state index contributed by atoms with van der Waals surface area (Å²) in [6.07, 6.45) is 6.39. The SMILES string of the molecule is CCCC1CCC(C(=O)O)C(Cc2ccc(I)cc2)C1. The highest BCUT2D eigenvalue weighted by atomic mass is 127. The Morgan fingerprint density at radius 2 is 2.00 bits per heavy atom. The van der Waals surface area contributed by atoms with E-state index in [1.54, 1.807) is 0 Å². The van der Waals surface area contributed by atoms with Gasteiger partial charge in [0.15, 0.2) is 0 Å². The molecule has 0 heterocycles. The predicted octanol–water partition coefficient (Wildman–Crippen LogP) is 4.75. The molecule has 1 aliphatic carbocycles. The zero-order chi connectivity index (χ0) is 14.5. The van der Waals surface area contributed by atoms with Crippen LogP contribution in [0.1, 0.15) is 44.6 Å². The monoisotopic (exact) mass is 386 g/mol. The van der Waals surface area contributed by atoms with Gasteiger partial charge in [0.25, 0.3) is 0 Å². The lowest BCUT2D eigenvalue weighted by Crippen LogP contribution is -2.32. The van der Waals surface area contributed by atoms with Gasteiger partial charge < -0.3 is 5.11 Å². The van der Waals surface area contributed by atoms with Crippen molar-refractivity contribution in [1.82, 2.24) is 0 Å². The van der Waals surface area contributed by atoms with Crippen LogP contribution in [0.2, 0.25) is 0 Å². The molecule has 20 heavy (non-hydrogen) atoms. The van der Waals surface area contributed by atoms with Gasteiger partial charge in [-0.1, -0.05) is 31.9 Å². The van der Waals surface area contributed by atoms with Crippen molar-refractivity contribution in [2.45, 2.75) is 45.4 Å². The van der Waals surface area contributed by atoms with Crippen LogP contribution in [-0.2, 0) is 11.2 Å². The third-order valence-electron chi connectivity index (χ3n) is 4.52. The summed E-state index contributed by atoms with van der Waals surface area (Å²) in [5.41, 5.74) is 1.28. The minimum Gasteiger partial charge on any atom is -0.481 e. The Hall–Kier alpha value is -0.580. The highest BCUT2D eigenvalue weighted by Crippen LogP contribution is 2.38. The topological polar surface area (TPSA) is 37.3 Å². The molecule has 0 radical (unpaired) electrons. The van der Waals surface area contributed by atoms with Crippen LogP contribution in [0.5, 0.6) is 0 Å². The number of aliphatic carboxylic acids is 1. The Bertz CT molecular complexity index is 441. The van der Waals surface area contributed by atoms with E-state index in [0.717, 1.165) is 31.6 Å². The molecule has 0 amide bonds. The van der Waals surface area contributed by atoms with Crippen LogP contribution in [0.15, 0.2) is 24.3 Å². The van der Waals surface area contributed by atoms with E-state index in [-0.39, 0.29) is 5.92 Å². The molecule has 3 heteroatoms. The van der Waals surface area contributed by atoms with Gasteiger partial charge in [-0.2, -0.15) is 0 Å². The standard InChI is InChI=1S/C17H23IO2/c1-2-3-12-6-9-16(17(19)20)14(10-12)11-13-4-7-15(18)8-5-13/h4-5,7-8,12,14,16H,2-3,6,9-11H2,1H3,(H,19,20). The van der Waals surface area contributed by atoms with Crippen molar-refractivity contribution in [1.29, 1.82) is 0 Å². The van der Waals surface area contributed by atoms with Gasteiger partial charge in [0.05, 0.1) is 5.92 Å². The summed E-state index contributed by atoms with van der Waals surface area (Å²) < 4.78 is 1.23. The number of benzene rings is 1. The summed E-state index contributed by atoms with van der Waals surface area (Å²) in [6, 6.07) is 8.50. The van der Waals surface area contributed by atoms with Crippen molar-refractivity contribution < 1.29 is 9.90 Å². The summed E-state index contributed by atoms with van der Waals surface area (Å²) in [4.78, 5) is 11.5. The maximum absolute atomic E-state index is 11.5. The number of halogens is 1. The molecule has 2 rings (SSSR count). The summed E-state index contributed by atoms with van der Waals surface area (Å²) in [5.74, 6) is 0.278. The summed E-state index contributed by atoms with van der Waals surface area (Å²) in [5, 5.41) is 9.45. The van der Waals surface area contributed by atoms with Crippen molar-refractivity contribution in [3.63, 3.8) is 0 Å². The van der Waals surface area contributed by atoms with Gasteiger partial charge in [0, 0.05) is 3.57 Å². The first-order valence-corrected chi connectivity index (χ1v) is 8.65. The molecule has 1 aliphatic rings. The van der Waals surface area contributed by atoms with E-state index in [1.165, 1.54) is 22.0 Å². The van der Waals surface area contributed by atoms with Gasteiger partial charge in [-0.25, -0.2) is 0 Å². The van der Waals surface area contributed by atoms with Gasteiger partial charge in [0.2, 0.25) is 0 Å². The Kier molecular flexibility index (Phi) is 5.87. The normalized spacial score (nSPS) is 26.4. The fourth-order valence-electron chi connectivity index (χ4n) is 3.51. The highest BCUT2D eigenvalue weighted by Gasteiger charge is 2.34. The molecule has 0 aromatic heterocycles. The predicted molar refractivity (Wildman–Crippen MR) is 89.7 cm³/mol. The second kappa shape index (κ2) is 7.43. The fraction of sp³-hybridized carbons (Fsp3) is 0.588. The Balaban J connectivity index is 2.06. The van der Waals surface area contributed by atoms with Crippen LogP contribution in [0.25, 0.3) is 0 Å². The third kappa shape index (κ3) is 4.21. The molecule has 1 N–H and O–H groups in total. The molecule has 3 unspecified atom stereocenters. The summed E-state index contributed by atoms with van der Waals surface area (Å²) in [7, 11) is 0. The zero-order valence-electron chi connectivity index (χ0n) is 12.0. The van der Waals surface area contributed by atoms with Crippen molar-refractivity contribution in [3.8, 4) is 0 Å². The first kappa shape index (κ1) is 15.8. The molecule has 0 saturated heterocycles. The molecular formula is C17H23IO2. The Labute approximate surface area is 135 Å². The molecule has 110 valence electrons. The largest absolute Gasteiger partial charge is 0.481 e. The molecule has 1 saturated carbocycles. The molecular weight excluding hydrogens is 363 g/mol. The van der Waals surface area contributed by atoms with Crippen LogP contribution in [0.3, 0.4) is 0 Å². The molecule has 1 aromatic rings. The second-order valence-corrected chi connectivity index (χ2v) is 7.25. The van der Waals surface area contributed by atoms with E-state index in [1.807, 2.05) is 0 Å². The Morgan fingerprint density at radius 3 is 2.60 bits per heavy atom. The fourth-order valence-corrected chi connectivity index (χ4v) is 3.87. The molecule has 0 spiro atoms. The molecule has 1 aromatic carbocycles. The third-order valence-corrected chi connectivity index (χ3v) is 5.24. The first-order chi connectivity index (χ1) is 9.60. The minimum atomic E-state index is -0.601. The number of hydrogen-bond acceptors (Lipinski definition) is 1. The van der Waals surface area contributed by atoms with E-state index in [4.69, 9.17) is 0 Å². The van der Waals surface area contributed by atoms with E-state index in [2.05, 4.69) is 53.8 Å². The lowest BCUT2D eigenvalue weighted by Gasteiger charge is -2.34. The number of carboxylic acid groups (broad SMARTS) is 1. The van der Waals surface area contributed by atoms with Gasteiger partial charge in [-0.05, 0) is 77.8 Å². The first-order valence-electron chi connectivity index (χ1n) is 7.57. The van der Waals surface area contributed by atoms with E-state index in [0.29, 0.717) is 5.92 Å². The smallest absolute Gasteiger partial charge is 0.306 e. The Morgan fingerprint density at radius 1 is 1.30 bits per heavy atom. The van der Waals surface area contributed by atoms with Gasteiger partial charge >= 0.3 is 5.97 Å². The quantitative estimate of drug-likeness (QED) is 0.742. The lowest BCUT2D eigenvalue weighted by atomic mass is 9.70. The maximum atomic E-state index is 11.5. The van der Waals surface area contributed by atoms with Crippen molar-refractivity contribution in [2.24, 2.45) is 17.8 Å². The van der Waals surface area contributed by atoms with E-state index < -0.39 is 5.97 Å². The summed E-state index contributed by atoms with van der Waals surface area (Å²) >= 11 is 2.30. The molecule has 1 fully saturated rings. The number of carbonyl (C=O) groups is 1. The number of hydrogen-bond donors (Lipinski definition) is 1. The zero-order valence-corrected chi connectivity index (χ0v) is 14.2. The van der Waals surface area contributed by atoms with Crippen molar-refractivity contribution >= 4 is 28.6 Å². The van der Waals surface area contributed by atoms with Gasteiger partial charge in [-0.3, -0.25) is 4.79 Å². The highest BCUT2D eigenvalue weighted by molar-refractivity contribution is 14.1. The second-order valence-electron chi connectivity index (χ2n) is 6.00. The molecule has 0 aliphatic heterocycles. The van der Waals surface area contributed by atoms with E-state index in [9.17, 15) is 9.90 Å². The van der Waals surface area contributed by atoms with Crippen molar-refractivity contribution in [2.75, 3.05) is 0 Å². The van der Waals surface area contributed by atoms with Crippen LogP contribution >= 0.6 is 22.6 Å². The maximum Gasteiger partial charge on any atom is 0.306 e. The molecule has 2 nitrogen and oxygen atoms in total. The number of carboxylic acids is 1. The van der Waals surface area contributed by atoms with E-state index >= 15 is 0 Å². The number of rotatable bonds is 5. The molecule has 3 atom stereocenters. The van der Waals surface area contributed by atoms with Gasteiger partial charge in [-0.15, -0.1) is 0 Å².